The summed E-state index contributed by atoms with van der Waals surface area (Å²) in [6.07, 6.45) is 2.97. The lowest BCUT2D eigenvalue weighted by molar-refractivity contribution is -0.138. The van der Waals surface area contributed by atoms with E-state index in [0.717, 1.165) is 31.2 Å². The van der Waals surface area contributed by atoms with Gasteiger partial charge in [0.2, 0.25) is 5.91 Å². The molecule has 0 radical (unpaired) electrons. The highest BCUT2D eigenvalue weighted by Gasteiger charge is 2.43. The molecule has 24 heavy (non-hydrogen) atoms. The number of hydrogen-bond donors (Lipinski definition) is 2. The van der Waals surface area contributed by atoms with Crippen LogP contribution in [-0.4, -0.2) is 50.1 Å². The largest absolute Gasteiger partial charge is 0.390 e. The molecule has 0 bridgehead atoms. The first-order valence-corrected chi connectivity index (χ1v) is 8.80. The van der Waals surface area contributed by atoms with Gasteiger partial charge in [-0.15, -0.1) is 0 Å². The summed E-state index contributed by atoms with van der Waals surface area (Å²) < 4.78 is 10.7. The molecule has 5 heteroatoms. The van der Waals surface area contributed by atoms with Gasteiger partial charge in [-0.05, 0) is 18.4 Å². The Kier molecular flexibility index (Phi) is 5.54. The molecule has 5 nitrogen and oxygen atoms in total. The first-order chi connectivity index (χ1) is 11.7. The number of aliphatic hydroxyl groups excluding tert-OH is 1. The van der Waals surface area contributed by atoms with Crippen molar-refractivity contribution in [2.45, 2.75) is 43.3 Å². The predicted molar refractivity (Wildman–Crippen MR) is 90.7 cm³/mol. The second kappa shape index (κ2) is 7.64. The van der Waals surface area contributed by atoms with E-state index in [1.54, 1.807) is 7.11 Å². The van der Waals surface area contributed by atoms with Crippen molar-refractivity contribution in [3.8, 4) is 0 Å². The molecule has 1 aromatic carbocycles. The number of amides is 1. The summed E-state index contributed by atoms with van der Waals surface area (Å²) >= 11 is 0. The van der Waals surface area contributed by atoms with Gasteiger partial charge in [0.05, 0.1) is 24.7 Å². The lowest BCUT2D eigenvalue weighted by Gasteiger charge is -2.35. The van der Waals surface area contributed by atoms with E-state index in [9.17, 15) is 9.90 Å². The maximum atomic E-state index is 13.0. The van der Waals surface area contributed by atoms with Crippen LogP contribution < -0.4 is 5.32 Å². The zero-order chi connectivity index (χ0) is 17.0. The predicted octanol–water partition coefficient (Wildman–Crippen LogP) is 1.64. The van der Waals surface area contributed by atoms with Gasteiger partial charge in [-0.1, -0.05) is 43.2 Å². The van der Waals surface area contributed by atoms with Crippen LogP contribution in [0.1, 0.15) is 31.2 Å². The molecule has 132 valence electrons. The van der Waals surface area contributed by atoms with Crippen LogP contribution >= 0.6 is 0 Å². The molecule has 2 N–H and O–H groups in total. The Hall–Kier alpha value is -1.43. The van der Waals surface area contributed by atoms with Crippen LogP contribution in [0, 0.1) is 5.92 Å². The highest BCUT2D eigenvalue weighted by molar-refractivity contribution is 5.88. The molecule has 1 saturated heterocycles. The molecular formula is C19H27NO4. The maximum absolute atomic E-state index is 13.0. The van der Waals surface area contributed by atoms with Crippen molar-refractivity contribution in [3.63, 3.8) is 0 Å². The van der Waals surface area contributed by atoms with Crippen LogP contribution in [0.4, 0.5) is 0 Å². The smallest absolute Gasteiger partial charge is 0.230 e. The minimum Gasteiger partial charge on any atom is -0.390 e. The highest BCUT2D eigenvalue weighted by Crippen LogP contribution is 2.41. The van der Waals surface area contributed by atoms with Crippen molar-refractivity contribution in [1.29, 1.82) is 0 Å². The number of rotatable bonds is 5. The van der Waals surface area contributed by atoms with Gasteiger partial charge in [-0.3, -0.25) is 4.79 Å². The van der Waals surface area contributed by atoms with Crippen molar-refractivity contribution in [2.24, 2.45) is 5.92 Å². The first kappa shape index (κ1) is 17.4. The molecule has 1 heterocycles. The Labute approximate surface area is 143 Å². The zero-order valence-corrected chi connectivity index (χ0v) is 14.2. The monoisotopic (exact) mass is 333 g/mol. The average Bonchev–Trinajstić information content (AvgIpc) is 3.12. The van der Waals surface area contributed by atoms with E-state index >= 15 is 0 Å². The molecule has 0 spiro atoms. The molecule has 1 aliphatic carbocycles. The first-order valence-electron chi connectivity index (χ1n) is 8.80. The summed E-state index contributed by atoms with van der Waals surface area (Å²) in [6.45, 7) is 1.25. The van der Waals surface area contributed by atoms with Crippen LogP contribution in [0.2, 0.25) is 0 Å². The quantitative estimate of drug-likeness (QED) is 0.859. The number of nitrogens with one attached hydrogen (secondary N) is 1. The number of benzene rings is 1. The number of carbonyl (C=O) groups excluding carboxylic acids is 1. The van der Waals surface area contributed by atoms with Crippen molar-refractivity contribution in [3.05, 3.63) is 35.9 Å². The summed E-state index contributed by atoms with van der Waals surface area (Å²) in [5, 5.41) is 13.4. The van der Waals surface area contributed by atoms with Crippen molar-refractivity contribution in [1.82, 2.24) is 5.32 Å². The summed E-state index contributed by atoms with van der Waals surface area (Å²) in [6, 6.07) is 10.1. The highest BCUT2D eigenvalue weighted by atomic mass is 16.5. The molecule has 0 aromatic heterocycles. The molecule has 1 amide bonds. The van der Waals surface area contributed by atoms with Crippen LogP contribution in [0.15, 0.2) is 30.3 Å². The Morgan fingerprint density at radius 2 is 2.00 bits per heavy atom. The summed E-state index contributed by atoms with van der Waals surface area (Å²) in [7, 11) is 1.57. The molecule has 1 aromatic rings. The molecule has 3 rings (SSSR count). The van der Waals surface area contributed by atoms with E-state index in [4.69, 9.17) is 9.47 Å². The fourth-order valence-corrected chi connectivity index (χ4v) is 4.00. The van der Waals surface area contributed by atoms with Gasteiger partial charge in [-0.2, -0.15) is 0 Å². The van der Waals surface area contributed by atoms with Crippen LogP contribution in [0.5, 0.6) is 0 Å². The van der Waals surface area contributed by atoms with Gasteiger partial charge < -0.3 is 19.9 Å². The van der Waals surface area contributed by atoms with E-state index in [0.29, 0.717) is 19.8 Å². The number of methoxy groups -OCH3 is 1. The molecule has 3 atom stereocenters. The fourth-order valence-electron chi connectivity index (χ4n) is 4.00. The number of carbonyl (C=O) groups is 1. The topological polar surface area (TPSA) is 67.8 Å². The maximum Gasteiger partial charge on any atom is 0.230 e. The van der Waals surface area contributed by atoms with Crippen LogP contribution in [0.3, 0.4) is 0 Å². The third kappa shape index (κ3) is 3.34. The second-order valence-electron chi connectivity index (χ2n) is 6.93. The minimum absolute atomic E-state index is 0.0675. The van der Waals surface area contributed by atoms with Gasteiger partial charge in [0.25, 0.3) is 0 Å². The zero-order valence-electron chi connectivity index (χ0n) is 14.2. The minimum atomic E-state index is -0.611. The summed E-state index contributed by atoms with van der Waals surface area (Å²) in [5.41, 5.74) is 0.665. The Balaban J connectivity index is 1.67. The Morgan fingerprint density at radius 1 is 1.29 bits per heavy atom. The van der Waals surface area contributed by atoms with Crippen LogP contribution in [-0.2, 0) is 19.7 Å². The number of hydrogen-bond acceptors (Lipinski definition) is 4. The Bertz CT molecular complexity index is 542. The molecular weight excluding hydrogens is 306 g/mol. The van der Waals surface area contributed by atoms with E-state index in [2.05, 4.69) is 5.32 Å². The second-order valence-corrected chi connectivity index (χ2v) is 6.93. The van der Waals surface area contributed by atoms with E-state index in [1.807, 2.05) is 30.3 Å². The third-order valence-electron chi connectivity index (χ3n) is 5.52. The van der Waals surface area contributed by atoms with Crippen molar-refractivity contribution < 1.29 is 19.4 Å². The van der Waals surface area contributed by atoms with Gasteiger partial charge in [-0.25, -0.2) is 0 Å². The van der Waals surface area contributed by atoms with Crippen molar-refractivity contribution >= 4 is 5.91 Å². The standard InChI is InChI=1S/C19H27NO4/c1-23-16-13-24-12-14(17(16)21)11-20-18(22)19(9-5-6-10-19)15-7-3-2-4-8-15/h2-4,7-8,14,16-17,21H,5-6,9-13H2,1H3,(H,20,22)/t14-,16-,17+/m1/s1. The number of aliphatic hydroxyl groups is 1. The number of ether oxygens (including phenoxy) is 2. The molecule has 2 aliphatic rings. The molecule has 1 saturated carbocycles. The lowest BCUT2D eigenvalue weighted by Crippen LogP contribution is -2.51. The summed E-state index contributed by atoms with van der Waals surface area (Å²) in [5.74, 6) is -0.0696. The third-order valence-corrected chi connectivity index (χ3v) is 5.52. The van der Waals surface area contributed by atoms with E-state index in [1.165, 1.54) is 0 Å². The van der Waals surface area contributed by atoms with Gasteiger partial charge in [0, 0.05) is 19.6 Å². The van der Waals surface area contributed by atoms with Gasteiger partial charge in [0.15, 0.2) is 0 Å². The normalized spacial score (nSPS) is 29.3. The Morgan fingerprint density at radius 3 is 2.67 bits per heavy atom. The SMILES string of the molecule is CO[C@@H]1COC[C@@H](CNC(=O)C2(c3ccccc3)CCCC2)[C@@H]1O. The molecule has 0 unspecified atom stereocenters. The van der Waals surface area contributed by atoms with Crippen molar-refractivity contribution in [2.75, 3.05) is 26.9 Å². The molecule has 2 fully saturated rings. The van der Waals surface area contributed by atoms with Crippen LogP contribution in [0.25, 0.3) is 0 Å². The lowest BCUT2D eigenvalue weighted by atomic mass is 9.78. The van der Waals surface area contributed by atoms with E-state index < -0.39 is 11.5 Å². The average molecular weight is 333 g/mol. The van der Waals surface area contributed by atoms with Gasteiger partial charge >= 0.3 is 0 Å². The fraction of sp³-hybridized carbons (Fsp3) is 0.632. The molecule has 1 aliphatic heterocycles. The van der Waals surface area contributed by atoms with E-state index in [-0.39, 0.29) is 17.9 Å². The summed E-state index contributed by atoms with van der Waals surface area (Å²) in [4.78, 5) is 13.0. The van der Waals surface area contributed by atoms with Gasteiger partial charge in [0.1, 0.15) is 6.10 Å².